The first-order chi connectivity index (χ1) is 11.1. The van der Waals surface area contributed by atoms with Gasteiger partial charge in [-0.2, -0.15) is 0 Å². The van der Waals surface area contributed by atoms with Crippen LogP contribution in [0.4, 0.5) is 0 Å². The summed E-state index contributed by atoms with van der Waals surface area (Å²) >= 11 is 8.23. The zero-order valence-electron chi connectivity index (χ0n) is 15.7. The number of alkyl halides is 1. The second-order valence-electron chi connectivity index (χ2n) is 7.97. The first-order valence-electron chi connectivity index (χ1n) is 8.49. The van der Waals surface area contributed by atoms with Gasteiger partial charge in [0.05, 0.1) is 6.10 Å². The van der Waals surface area contributed by atoms with Crippen molar-refractivity contribution in [2.45, 2.75) is 70.1 Å². The second kappa shape index (κ2) is 9.61. The zero-order chi connectivity index (χ0) is 18.4. The molecule has 0 bridgehead atoms. The minimum absolute atomic E-state index is 0.116. The van der Waals surface area contributed by atoms with E-state index in [0.29, 0.717) is 5.92 Å². The number of hydrogen-bond donors (Lipinski definition) is 0. The minimum atomic E-state index is -1.78. The molecule has 1 rings (SSSR count). The molecule has 1 fully saturated rings. The van der Waals surface area contributed by atoms with Crippen molar-refractivity contribution in [3.05, 3.63) is 34.0 Å². The second-order valence-corrected chi connectivity index (χ2v) is 13.9. The van der Waals surface area contributed by atoms with Crippen LogP contribution >= 0.6 is 34.2 Å². The molecular formula is C20H30ClIOSi. The van der Waals surface area contributed by atoms with Crippen molar-refractivity contribution in [1.82, 2.24) is 0 Å². The lowest BCUT2D eigenvalue weighted by atomic mass is 10.1. The first kappa shape index (κ1) is 22.0. The Morgan fingerprint density at radius 3 is 2.50 bits per heavy atom. The van der Waals surface area contributed by atoms with Crippen molar-refractivity contribution in [3.8, 4) is 11.8 Å². The van der Waals surface area contributed by atoms with E-state index in [2.05, 4.69) is 91.5 Å². The maximum Gasteiger partial charge on any atom is 0.192 e. The smallest absolute Gasteiger partial charge is 0.192 e. The van der Waals surface area contributed by atoms with Gasteiger partial charge in [0.1, 0.15) is 0 Å². The van der Waals surface area contributed by atoms with Crippen molar-refractivity contribution in [3.63, 3.8) is 0 Å². The van der Waals surface area contributed by atoms with Crippen LogP contribution in [0.1, 0.15) is 40.5 Å². The van der Waals surface area contributed by atoms with Crippen LogP contribution < -0.4 is 0 Å². The normalized spacial score (nSPS) is 23.4. The van der Waals surface area contributed by atoms with Crippen LogP contribution in [-0.2, 0) is 4.43 Å². The number of hydrogen-bond acceptors (Lipinski definition) is 1. The predicted octanol–water partition coefficient (Wildman–Crippen LogP) is 6.85. The molecule has 0 saturated heterocycles. The lowest BCUT2D eigenvalue weighted by Crippen LogP contribution is -2.43. The van der Waals surface area contributed by atoms with E-state index in [-0.39, 0.29) is 16.5 Å². The molecule has 134 valence electrons. The third kappa shape index (κ3) is 7.90. The molecule has 0 aromatic heterocycles. The molecular weight excluding hydrogens is 447 g/mol. The van der Waals surface area contributed by atoms with Crippen LogP contribution in [0.3, 0.4) is 0 Å². The van der Waals surface area contributed by atoms with E-state index >= 15 is 0 Å². The van der Waals surface area contributed by atoms with Gasteiger partial charge in [0.2, 0.25) is 0 Å². The number of allylic oxidation sites excluding steroid dienone is 3. The molecule has 3 atom stereocenters. The summed E-state index contributed by atoms with van der Waals surface area (Å²) in [5, 5.41) is 0.483. The largest absolute Gasteiger partial charge is 0.410 e. The minimum Gasteiger partial charge on any atom is -0.410 e. The molecule has 0 aromatic carbocycles. The Hall–Kier alpha value is -0.0231. The van der Waals surface area contributed by atoms with Gasteiger partial charge in [-0.1, -0.05) is 79.0 Å². The molecule has 0 heterocycles. The van der Waals surface area contributed by atoms with E-state index in [4.69, 9.17) is 16.0 Å². The Bertz CT molecular complexity index is 560. The molecule has 1 aliphatic carbocycles. The summed E-state index contributed by atoms with van der Waals surface area (Å²) in [7, 11) is -1.78. The van der Waals surface area contributed by atoms with Crippen molar-refractivity contribution in [2.75, 3.05) is 0 Å². The lowest BCUT2D eigenvalue weighted by Gasteiger charge is -2.38. The summed E-state index contributed by atoms with van der Waals surface area (Å²) in [6.07, 6.45) is 10.2. The van der Waals surface area contributed by atoms with Crippen LogP contribution in [0.5, 0.6) is 0 Å². The third-order valence-electron chi connectivity index (χ3n) is 4.56. The van der Waals surface area contributed by atoms with Gasteiger partial charge in [-0.3, -0.25) is 0 Å². The highest BCUT2D eigenvalue weighted by atomic mass is 127. The SMILES string of the molecule is C/C(=C\I)C[C@H](/C=C/C=C/C#C[C@@H]1C[C@H]1Cl)O[Si](C)(C)C(C)(C)C. The summed E-state index contributed by atoms with van der Waals surface area (Å²) in [5.41, 5.74) is 1.34. The fourth-order valence-corrected chi connectivity index (χ4v) is 3.61. The van der Waals surface area contributed by atoms with Crippen LogP contribution in [0.2, 0.25) is 18.1 Å². The zero-order valence-corrected chi connectivity index (χ0v) is 19.6. The third-order valence-corrected chi connectivity index (χ3v) is 10.6. The Morgan fingerprint density at radius 1 is 1.38 bits per heavy atom. The highest BCUT2D eigenvalue weighted by Gasteiger charge is 2.38. The maximum absolute atomic E-state index is 6.56. The average Bonchev–Trinajstić information content (AvgIpc) is 3.16. The molecule has 24 heavy (non-hydrogen) atoms. The topological polar surface area (TPSA) is 9.23 Å². The van der Waals surface area contributed by atoms with Gasteiger partial charge < -0.3 is 4.43 Å². The van der Waals surface area contributed by atoms with Gasteiger partial charge in [0, 0.05) is 11.3 Å². The van der Waals surface area contributed by atoms with Gasteiger partial charge >= 0.3 is 0 Å². The monoisotopic (exact) mass is 476 g/mol. The van der Waals surface area contributed by atoms with Crippen molar-refractivity contribution >= 4 is 42.5 Å². The standard InChI is InChI=1S/C20H30ClIOSi/c1-16(15-22)13-18(23-24(5,6)20(2,3)4)12-10-8-7-9-11-17-14-19(17)21/h7-8,10,12,15,17-19H,13-14H2,1-6H3/b8-7+,12-10+,16-15+/t17-,18+,19-/m1/s1. The molecule has 1 aliphatic rings. The van der Waals surface area contributed by atoms with Gasteiger partial charge in [0.25, 0.3) is 0 Å². The first-order valence-corrected chi connectivity index (χ1v) is 13.1. The Morgan fingerprint density at radius 2 is 2.00 bits per heavy atom. The number of rotatable bonds is 6. The molecule has 0 N–H and O–H groups in total. The molecule has 0 aliphatic heterocycles. The Balaban J connectivity index is 2.69. The number of halogens is 2. The highest BCUT2D eigenvalue weighted by molar-refractivity contribution is 14.1. The molecule has 0 spiro atoms. The van der Waals surface area contributed by atoms with Gasteiger partial charge in [0.15, 0.2) is 8.32 Å². The van der Waals surface area contributed by atoms with Gasteiger partial charge in [-0.05, 0) is 48.1 Å². The van der Waals surface area contributed by atoms with E-state index in [1.54, 1.807) is 0 Å². The van der Waals surface area contributed by atoms with Gasteiger partial charge in [-0.15, -0.1) is 11.6 Å². The predicted molar refractivity (Wildman–Crippen MR) is 118 cm³/mol. The van der Waals surface area contributed by atoms with Crippen LogP contribution in [-0.4, -0.2) is 19.8 Å². The Labute approximate surface area is 168 Å². The molecule has 0 amide bonds. The Kier molecular flexibility index (Phi) is 8.82. The van der Waals surface area contributed by atoms with Crippen molar-refractivity contribution in [2.24, 2.45) is 5.92 Å². The van der Waals surface area contributed by atoms with Crippen LogP contribution in [0.25, 0.3) is 0 Å². The molecule has 4 heteroatoms. The van der Waals surface area contributed by atoms with E-state index in [0.717, 1.165) is 12.8 Å². The van der Waals surface area contributed by atoms with Crippen LogP contribution in [0, 0.1) is 17.8 Å². The van der Waals surface area contributed by atoms with Gasteiger partial charge in [-0.25, -0.2) is 0 Å². The average molecular weight is 477 g/mol. The summed E-state index contributed by atoms with van der Waals surface area (Å²) in [4.78, 5) is 0. The summed E-state index contributed by atoms with van der Waals surface area (Å²) < 4.78 is 8.70. The molecule has 1 saturated carbocycles. The summed E-state index contributed by atoms with van der Waals surface area (Å²) in [6, 6.07) is 0. The highest BCUT2D eigenvalue weighted by Crippen LogP contribution is 2.38. The molecule has 0 radical (unpaired) electrons. The quantitative estimate of drug-likeness (QED) is 0.134. The molecule has 1 nitrogen and oxygen atoms in total. The van der Waals surface area contributed by atoms with Crippen molar-refractivity contribution < 1.29 is 4.43 Å². The van der Waals surface area contributed by atoms with Crippen molar-refractivity contribution in [1.29, 1.82) is 0 Å². The fourth-order valence-electron chi connectivity index (χ4n) is 1.83. The fraction of sp³-hybridized carbons (Fsp3) is 0.600. The molecule has 0 unspecified atom stereocenters. The summed E-state index contributed by atoms with van der Waals surface area (Å²) in [6.45, 7) is 13.6. The van der Waals surface area contributed by atoms with E-state index in [1.165, 1.54) is 5.57 Å². The maximum atomic E-state index is 6.56. The van der Waals surface area contributed by atoms with E-state index < -0.39 is 8.32 Å². The lowest BCUT2D eigenvalue weighted by molar-refractivity contribution is 0.225. The van der Waals surface area contributed by atoms with E-state index in [1.807, 2.05) is 12.2 Å². The van der Waals surface area contributed by atoms with E-state index in [9.17, 15) is 0 Å². The van der Waals surface area contributed by atoms with Crippen LogP contribution in [0.15, 0.2) is 34.0 Å². The molecule has 0 aromatic rings. The summed E-state index contributed by atoms with van der Waals surface area (Å²) in [5.74, 6) is 6.62.